The number of halogens is 2. The first-order valence-electron chi connectivity index (χ1n) is 12.1. The van der Waals surface area contributed by atoms with Crippen molar-refractivity contribution in [1.82, 2.24) is 9.97 Å². The van der Waals surface area contributed by atoms with Crippen molar-refractivity contribution in [2.45, 2.75) is 63.2 Å². The van der Waals surface area contributed by atoms with Crippen LogP contribution in [-0.2, 0) is 0 Å². The van der Waals surface area contributed by atoms with E-state index >= 15 is 0 Å². The van der Waals surface area contributed by atoms with Crippen molar-refractivity contribution < 1.29 is 28.5 Å². The summed E-state index contributed by atoms with van der Waals surface area (Å²) < 4.78 is 37.5. The zero-order chi connectivity index (χ0) is 24.5. The Hall–Kier alpha value is -2.32. The van der Waals surface area contributed by atoms with E-state index < -0.39 is 0 Å². The average Bonchev–Trinajstić information content (AvgIpc) is 2.90. The SMILES string of the molecule is COc1cc(C2CCC(CO)CC2)c(F)cn1.COc1cc(C2CCC(CO)CC2)c(F)cn1. The van der Waals surface area contributed by atoms with Crippen LogP contribution in [0.3, 0.4) is 0 Å². The van der Waals surface area contributed by atoms with Crippen LogP contribution in [0.25, 0.3) is 0 Å². The summed E-state index contributed by atoms with van der Waals surface area (Å²) in [6.45, 7) is 0.490. The fourth-order valence-electron chi connectivity index (χ4n) is 5.03. The van der Waals surface area contributed by atoms with Crippen LogP contribution in [0.4, 0.5) is 8.78 Å². The highest BCUT2D eigenvalue weighted by atomic mass is 19.1. The lowest BCUT2D eigenvalue weighted by atomic mass is 9.79. The molecule has 0 aliphatic heterocycles. The normalized spacial score (nSPS) is 24.6. The summed E-state index contributed by atoms with van der Waals surface area (Å²) in [7, 11) is 3.07. The van der Waals surface area contributed by atoms with E-state index in [1.54, 1.807) is 12.1 Å². The van der Waals surface area contributed by atoms with Gasteiger partial charge < -0.3 is 19.7 Å². The summed E-state index contributed by atoms with van der Waals surface area (Å²) in [5, 5.41) is 18.2. The predicted molar refractivity (Wildman–Crippen MR) is 125 cm³/mol. The molecular formula is C26H36F2N2O4. The molecule has 34 heavy (non-hydrogen) atoms. The van der Waals surface area contributed by atoms with Gasteiger partial charge >= 0.3 is 0 Å². The summed E-state index contributed by atoms with van der Waals surface area (Å²) in [5.41, 5.74) is 1.40. The van der Waals surface area contributed by atoms with Crippen LogP contribution >= 0.6 is 0 Å². The van der Waals surface area contributed by atoms with Gasteiger partial charge in [-0.05, 0) is 86.2 Å². The van der Waals surface area contributed by atoms with Gasteiger partial charge in [0.2, 0.25) is 11.8 Å². The molecule has 2 aliphatic carbocycles. The van der Waals surface area contributed by atoms with Crippen molar-refractivity contribution in [1.29, 1.82) is 0 Å². The average molecular weight is 479 g/mol. The van der Waals surface area contributed by atoms with Crippen molar-refractivity contribution >= 4 is 0 Å². The van der Waals surface area contributed by atoms with Crippen molar-refractivity contribution in [3.63, 3.8) is 0 Å². The van der Waals surface area contributed by atoms with Gasteiger partial charge in [-0.15, -0.1) is 0 Å². The number of aromatic nitrogens is 2. The molecule has 2 heterocycles. The second-order valence-corrected chi connectivity index (χ2v) is 9.30. The van der Waals surface area contributed by atoms with Crippen LogP contribution in [0.5, 0.6) is 11.8 Å². The number of pyridine rings is 2. The number of hydrogen-bond donors (Lipinski definition) is 2. The number of rotatable bonds is 6. The number of ether oxygens (including phenoxy) is 2. The second-order valence-electron chi connectivity index (χ2n) is 9.30. The molecule has 8 heteroatoms. The summed E-state index contributed by atoms with van der Waals surface area (Å²) in [6, 6.07) is 3.39. The Kier molecular flexibility index (Phi) is 10.0. The second kappa shape index (κ2) is 13.0. The molecule has 0 radical (unpaired) electrons. The van der Waals surface area contributed by atoms with E-state index in [0.29, 0.717) is 34.7 Å². The van der Waals surface area contributed by atoms with Gasteiger partial charge in [0, 0.05) is 25.3 Å². The minimum absolute atomic E-state index is 0.231. The van der Waals surface area contributed by atoms with Crippen LogP contribution in [0.15, 0.2) is 24.5 Å². The summed E-state index contributed by atoms with van der Waals surface area (Å²) in [4.78, 5) is 7.69. The van der Waals surface area contributed by atoms with Gasteiger partial charge in [-0.25, -0.2) is 18.7 Å². The molecule has 2 fully saturated rings. The fraction of sp³-hybridized carbons (Fsp3) is 0.615. The Morgan fingerprint density at radius 3 is 1.35 bits per heavy atom. The first-order chi connectivity index (χ1) is 16.5. The quantitative estimate of drug-likeness (QED) is 0.609. The van der Waals surface area contributed by atoms with E-state index in [2.05, 4.69) is 9.97 Å². The molecule has 6 nitrogen and oxygen atoms in total. The van der Waals surface area contributed by atoms with Crippen molar-refractivity contribution in [3.8, 4) is 11.8 Å². The van der Waals surface area contributed by atoms with Crippen LogP contribution in [-0.4, -0.2) is 47.6 Å². The molecule has 2 aromatic heterocycles. The maximum absolute atomic E-state index is 13.7. The highest BCUT2D eigenvalue weighted by Crippen LogP contribution is 2.38. The minimum Gasteiger partial charge on any atom is -0.481 e. The lowest BCUT2D eigenvalue weighted by Crippen LogP contribution is -2.17. The van der Waals surface area contributed by atoms with Crippen LogP contribution in [0.2, 0.25) is 0 Å². The maximum Gasteiger partial charge on any atom is 0.213 e. The fourth-order valence-corrected chi connectivity index (χ4v) is 5.03. The van der Waals surface area contributed by atoms with Gasteiger partial charge in [-0.1, -0.05) is 0 Å². The largest absolute Gasteiger partial charge is 0.481 e. The van der Waals surface area contributed by atoms with Crippen LogP contribution in [0.1, 0.15) is 74.3 Å². The van der Waals surface area contributed by atoms with E-state index in [9.17, 15) is 8.78 Å². The minimum atomic E-state index is -0.252. The van der Waals surface area contributed by atoms with Gasteiger partial charge in [0.05, 0.1) is 26.6 Å². The van der Waals surface area contributed by atoms with Crippen LogP contribution in [0, 0.1) is 23.5 Å². The van der Waals surface area contributed by atoms with E-state index in [4.69, 9.17) is 19.7 Å². The zero-order valence-electron chi connectivity index (χ0n) is 20.1. The number of aliphatic hydroxyl groups is 2. The first-order valence-corrected chi connectivity index (χ1v) is 12.1. The predicted octanol–water partition coefficient (Wildman–Crippen LogP) is 4.99. The van der Waals surface area contributed by atoms with Crippen molar-refractivity contribution in [2.75, 3.05) is 27.4 Å². The molecule has 2 N–H and O–H groups in total. The zero-order valence-corrected chi connectivity index (χ0v) is 20.1. The summed E-state index contributed by atoms with van der Waals surface area (Å²) in [5.74, 6) is 1.66. The summed E-state index contributed by atoms with van der Waals surface area (Å²) >= 11 is 0. The third-order valence-electron chi connectivity index (χ3n) is 7.23. The Morgan fingerprint density at radius 2 is 1.06 bits per heavy atom. The molecule has 0 atom stereocenters. The molecule has 0 aromatic carbocycles. The lowest BCUT2D eigenvalue weighted by Gasteiger charge is -2.27. The van der Waals surface area contributed by atoms with E-state index in [1.807, 2.05) is 0 Å². The maximum atomic E-state index is 13.7. The molecule has 2 aliphatic rings. The van der Waals surface area contributed by atoms with Crippen molar-refractivity contribution in [3.05, 3.63) is 47.3 Å². The molecule has 0 bridgehead atoms. The van der Waals surface area contributed by atoms with E-state index in [0.717, 1.165) is 51.4 Å². The molecule has 0 amide bonds. The lowest BCUT2D eigenvalue weighted by molar-refractivity contribution is 0.181. The third-order valence-corrected chi connectivity index (χ3v) is 7.23. The van der Waals surface area contributed by atoms with Gasteiger partial charge in [-0.3, -0.25) is 0 Å². The summed E-state index contributed by atoms with van der Waals surface area (Å²) in [6.07, 6.45) is 10.0. The van der Waals surface area contributed by atoms with Crippen LogP contribution < -0.4 is 9.47 Å². The molecule has 2 aromatic rings. The molecule has 2 saturated carbocycles. The van der Waals surface area contributed by atoms with Gasteiger partial charge in [-0.2, -0.15) is 0 Å². The highest BCUT2D eigenvalue weighted by Gasteiger charge is 2.25. The highest BCUT2D eigenvalue weighted by molar-refractivity contribution is 5.27. The Morgan fingerprint density at radius 1 is 0.706 bits per heavy atom. The number of methoxy groups -OCH3 is 2. The van der Waals surface area contributed by atoms with Gasteiger partial charge in [0.15, 0.2) is 0 Å². The first kappa shape index (κ1) is 26.3. The molecular weight excluding hydrogens is 442 g/mol. The third kappa shape index (κ3) is 6.85. The molecule has 188 valence electrons. The van der Waals surface area contributed by atoms with Gasteiger partial charge in [0.1, 0.15) is 11.6 Å². The Labute approximate surface area is 200 Å². The Balaban J connectivity index is 0.000000191. The number of aliphatic hydroxyl groups excluding tert-OH is 2. The van der Waals surface area contributed by atoms with E-state index in [1.165, 1.54) is 26.6 Å². The monoisotopic (exact) mass is 478 g/mol. The van der Waals surface area contributed by atoms with Crippen molar-refractivity contribution in [2.24, 2.45) is 11.8 Å². The topological polar surface area (TPSA) is 84.7 Å². The van der Waals surface area contributed by atoms with E-state index in [-0.39, 0.29) is 36.7 Å². The van der Waals surface area contributed by atoms with Gasteiger partial charge in [0.25, 0.3) is 0 Å². The molecule has 4 rings (SSSR count). The standard InChI is InChI=1S/2C13H18FNO2/c2*1-17-13-6-11(12(14)7-15-13)10-4-2-9(8-16)3-5-10/h2*6-7,9-10,16H,2-5,8H2,1H3. The molecule has 0 spiro atoms. The molecule has 0 unspecified atom stereocenters. The number of nitrogens with zero attached hydrogens (tertiary/aromatic N) is 2. The molecule has 0 saturated heterocycles. The number of hydrogen-bond acceptors (Lipinski definition) is 6. The Bertz CT molecular complexity index is 825. The smallest absolute Gasteiger partial charge is 0.213 e.